The Bertz CT molecular complexity index is 430. The summed E-state index contributed by atoms with van der Waals surface area (Å²) in [6, 6.07) is 9.13. The quantitative estimate of drug-likeness (QED) is 0.866. The van der Waals surface area contributed by atoms with Gasteiger partial charge in [0, 0.05) is 7.11 Å². The number of nitriles is 1. The fourth-order valence-corrected chi connectivity index (χ4v) is 1.70. The van der Waals surface area contributed by atoms with E-state index in [9.17, 15) is 4.79 Å². The third-order valence-electron chi connectivity index (χ3n) is 2.85. The van der Waals surface area contributed by atoms with Crippen molar-refractivity contribution in [3.63, 3.8) is 0 Å². The Morgan fingerprint density at radius 3 is 2.50 bits per heavy atom. The summed E-state index contributed by atoms with van der Waals surface area (Å²) in [5, 5.41) is 11.6. The van der Waals surface area contributed by atoms with Crippen molar-refractivity contribution < 1.29 is 9.53 Å². The van der Waals surface area contributed by atoms with Gasteiger partial charge in [-0.25, -0.2) is 0 Å². The fraction of sp³-hybridized carbons (Fsp3) is 0.429. The van der Waals surface area contributed by atoms with Crippen molar-refractivity contribution in [3.8, 4) is 6.07 Å². The van der Waals surface area contributed by atoms with Gasteiger partial charge in [0.15, 0.2) is 0 Å². The molecular weight excluding hydrogens is 228 g/mol. The SMILES string of the molecule is CC[C@H](OC)C(=O)N[C@H](C)c1ccc(C#N)cc1. The summed E-state index contributed by atoms with van der Waals surface area (Å²) in [5.74, 6) is -0.114. The van der Waals surface area contributed by atoms with Gasteiger partial charge in [0.05, 0.1) is 17.7 Å². The van der Waals surface area contributed by atoms with Gasteiger partial charge < -0.3 is 10.1 Å². The maximum Gasteiger partial charge on any atom is 0.249 e. The average molecular weight is 246 g/mol. The Morgan fingerprint density at radius 1 is 1.44 bits per heavy atom. The zero-order chi connectivity index (χ0) is 13.5. The number of hydrogen-bond acceptors (Lipinski definition) is 3. The molecule has 4 nitrogen and oxygen atoms in total. The van der Waals surface area contributed by atoms with Crippen LogP contribution in [0.5, 0.6) is 0 Å². The van der Waals surface area contributed by atoms with Crippen molar-refractivity contribution in [1.82, 2.24) is 5.32 Å². The van der Waals surface area contributed by atoms with Crippen molar-refractivity contribution in [3.05, 3.63) is 35.4 Å². The van der Waals surface area contributed by atoms with Gasteiger partial charge in [0.25, 0.3) is 0 Å². The summed E-state index contributed by atoms with van der Waals surface area (Å²) in [7, 11) is 1.53. The van der Waals surface area contributed by atoms with Gasteiger partial charge in [-0.1, -0.05) is 19.1 Å². The van der Waals surface area contributed by atoms with Crippen molar-refractivity contribution in [1.29, 1.82) is 5.26 Å². The molecule has 0 aliphatic rings. The number of carbonyl (C=O) groups is 1. The lowest BCUT2D eigenvalue weighted by molar-refractivity contribution is -0.131. The molecule has 1 N–H and O–H groups in total. The summed E-state index contributed by atoms with van der Waals surface area (Å²) in [4.78, 5) is 11.8. The van der Waals surface area contributed by atoms with Crippen LogP contribution in [0.15, 0.2) is 24.3 Å². The number of benzene rings is 1. The minimum absolute atomic E-state index is 0.102. The molecular formula is C14H18N2O2. The Morgan fingerprint density at radius 2 is 2.06 bits per heavy atom. The highest BCUT2D eigenvalue weighted by atomic mass is 16.5. The number of ether oxygens (including phenoxy) is 1. The van der Waals surface area contributed by atoms with Gasteiger partial charge in [0.1, 0.15) is 6.10 Å². The van der Waals surface area contributed by atoms with E-state index >= 15 is 0 Å². The third kappa shape index (κ3) is 3.57. The Hall–Kier alpha value is -1.86. The molecule has 0 saturated heterocycles. The molecule has 96 valence electrons. The third-order valence-corrected chi connectivity index (χ3v) is 2.85. The number of hydrogen-bond donors (Lipinski definition) is 1. The molecule has 0 fully saturated rings. The Balaban J connectivity index is 2.67. The minimum Gasteiger partial charge on any atom is -0.372 e. The molecule has 0 bridgehead atoms. The second-order valence-corrected chi connectivity index (χ2v) is 4.10. The monoisotopic (exact) mass is 246 g/mol. The molecule has 4 heteroatoms. The van der Waals surface area contributed by atoms with Gasteiger partial charge >= 0.3 is 0 Å². The Kier molecular flexibility index (Phi) is 5.34. The summed E-state index contributed by atoms with van der Waals surface area (Å²) in [6.07, 6.45) is 0.230. The smallest absolute Gasteiger partial charge is 0.249 e. The Labute approximate surface area is 108 Å². The van der Waals surface area contributed by atoms with Crippen LogP contribution < -0.4 is 5.32 Å². The molecule has 1 aromatic carbocycles. The average Bonchev–Trinajstić information content (AvgIpc) is 2.40. The van der Waals surface area contributed by atoms with Crippen LogP contribution in [0.25, 0.3) is 0 Å². The first kappa shape index (κ1) is 14.2. The lowest BCUT2D eigenvalue weighted by Crippen LogP contribution is -2.36. The lowest BCUT2D eigenvalue weighted by Gasteiger charge is -2.18. The largest absolute Gasteiger partial charge is 0.372 e. The predicted octanol–water partition coefficient (Wildman–Crippen LogP) is 2.16. The molecule has 0 unspecified atom stereocenters. The standard InChI is InChI=1S/C14H18N2O2/c1-4-13(18-3)14(17)16-10(2)12-7-5-11(9-15)6-8-12/h5-8,10,13H,4H2,1-3H3,(H,16,17)/t10-,13+/m1/s1. The summed E-state index contributed by atoms with van der Waals surface area (Å²) in [5.41, 5.74) is 1.58. The zero-order valence-electron chi connectivity index (χ0n) is 10.9. The number of nitrogens with one attached hydrogen (secondary N) is 1. The minimum atomic E-state index is -0.411. The highest BCUT2D eigenvalue weighted by Crippen LogP contribution is 2.13. The molecule has 0 radical (unpaired) electrons. The van der Waals surface area contributed by atoms with E-state index in [0.29, 0.717) is 12.0 Å². The summed E-state index contributed by atoms with van der Waals surface area (Å²) >= 11 is 0. The topological polar surface area (TPSA) is 62.1 Å². The number of amides is 1. The molecule has 18 heavy (non-hydrogen) atoms. The fourth-order valence-electron chi connectivity index (χ4n) is 1.70. The number of rotatable bonds is 5. The maximum absolute atomic E-state index is 11.8. The van der Waals surface area contributed by atoms with E-state index in [4.69, 9.17) is 10.00 Å². The van der Waals surface area contributed by atoms with Crippen LogP contribution in [-0.2, 0) is 9.53 Å². The number of methoxy groups -OCH3 is 1. The first-order valence-electron chi connectivity index (χ1n) is 5.95. The van der Waals surface area contributed by atoms with Gasteiger partial charge in [-0.2, -0.15) is 5.26 Å². The van der Waals surface area contributed by atoms with Crippen LogP contribution in [0.3, 0.4) is 0 Å². The van der Waals surface area contributed by atoms with Crippen LogP contribution in [0.4, 0.5) is 0 Å². The number of nitrogens with zero attached hydrogens (tertiary/aromatic N) is 1. The van der Waals surface area contributed by atoms with Gasteiger partial charge in [0.2, 0.25) is 5.91 Å². The van der Waals surface area contributed by atoms with Gasteiger partial charge in [-0.3, -0.25) is 4.79 Å². The van der Waals surface area contributed by atoms with Crippen LogP contribution in [0.2, 0.25) is 0 Å². The molecule has 1 rings (SSSR count). The first-order valence-corrected chi connectivity index (χ1v) is 5.95. The van der Waals surface area contributed by atoms with Crippen molar-refractivity contribution >= 4 is 5.91 Å². The van der Waals surface area contributed by atoms with Crippen LogP contribution in [0, 0.1) is 11.3 Å². The van der Waals surface area contributed by atoms with Gasteiger partial charge in [-0.05, 0) is 31.0 Å². The highest BCUT2D eigenvalue weighted by molar-refractivity contribution is 5.81. The molecule has 1 amide bonds. The van der Waals surface area contributed by atoms with E-state index < -0.39 is 6.10 Å². The van der Waals surface area contributed by atoms with Crippen molar-refractivity contribution in [2.24, 2.45) is 0 Å². The highest BCUT2D eigenvalue weighted by Gasteiger charge is 2.17. The molecule has 0 aliphatic heterocycles. The van der Waals surface area contributed by atoms with E-state index in [1.165, 1.54) is 7.11 Å². The molecule has 0 spiro atoms. The maximum atomic E-state index is 11.8. The summed E-state index contributed by atoms with van der Waals surface area (Å²) in [6.45, 7) is 3.81. The zero-order valence-corrected chi connectivity index (χ0v) is 10.9. The van der Waals surface area contributed by atoms with E-state index in [0.717, 1.165) is 5.56 Å². The van der Waals surface area contributed by atoms with Gasteiger partial charge in [-0.15, -0.1) is 0 Å². The molecule has 0 heterocycles. The molecule has 0 aromatic heterocycles. The molecule has 0 aliphatic carbocycles. The number of carbonyl (C=O) groups excluding carboxylic acids is 1. The normalized spacial score (nSPS) is 13.4. The van der Waals surface area contributed by atoms with Crippen LogP contribution in [0.1, 0.15) is 37.4 Å². The van der Waals surface area contributed by atoms with E-state index in [-0.39, 0.29) is 11.9 Å². The second-order valence-electron chi connectivity index (χ2n) is 4.10. The van der Waals surface area contributed by atoms with Crippen molar-refractivity contribution in [2.75, 3.05) is 7.11 Å². The van der Waals surface area contributed by atoms with E-state index in [1.807, 2.05) is 26.0 Å². The van der Waals surface area contributed by atoms with E-state index in [2.05, 4.69) is 11.4 Å². The molecule has 0 saturated carbocycles. The molecule has 1 aromatic rings. The summed E-state index contributed by atoms with van der Waals surface area (Å²) < 4.78 is 5.08. The first-order chi connectivity index (χ1) is 8.62. The molecule has 2 atom stereocenters. The van der Waals surface area contributed by atoms with Crippen molar-refractivity contribution in [2.45, 2.75) is 32.4 Å². The van der Waals surface area contributed by atoms with E-state index in [1.54, 1.807) is 12.1 Å². The lowest BCUT2D eigenvalue weighted by atomic mass is 10.1. The predicted molar refractivity (Wildman–Crippen MR) is 68.8 cm³/mol. The van der Waals surface area contributed by atoms with Crippen LogP contribution in [-0.4, -0.2) is 19.1 Å². The van der Waals surface area contributed by atoms with Crippen LogP contribution >= 0.6 is 0 Å². The second kappa shape index (κ2) is 6.77.